The predicted molar refractivity (Wildman–Crippen MR) is 136 cm³/mol. The highest BCUT2D eigenvalue weighted by molar-refractivity contribution is 6.08. The molecule has 0 radical (unpaired) electrons. The number of imide groups is 1. The molecule has 3 amide bonds. The van der Waals surface area contributed by atoms with Gasteiger partial charge in [0.05, 0.1) is 19.8 Å². The molecule has 2 aromatic carbocycles. The van der Waals surface area contributed by atoms with Crippen LogP contribution in [0.25, 0.3) is 0 Å². The zero-order chi connectivity index (χ0) is 29.2. The Hall–Kier alpha value is -3.46. The molecule has 2 aromatic rings. The third kappa shape index (κ3) is 5.31. The van der Waals surface area contributed by atoms with Gasteiger partial charge in [-0.3, -0.25) is 24.6 Å². The van der Waals surface area contributed by atoms with E-state index in [0.29, 0.717) is 24.7 Å². The van der Waals surface area contributed by atoms with Gasteiger partial charge in [0.2, 0.25) is 0 Å². The Morgan fingerprint density at radius 1 is 1.07 bits per heavy atom. The fourth-order valence-electron chi connectivity index (χ4n) is 4.82. The van der Waals surface area contributed by atoms with Crippen molar-refractivity contribution >= 4 is 17.7 Å². The van der Waals surface area contributed by atoms with Crippen molar-refractivity contribution < 1.29 is 48.7 Å². The van der Waals surface area contributed by atoms with Crippen molar-refractivity contribution in [2.75, 3.05) is 26.3 Å². The first-order chi connectivity index (χ1) is 19.0. The maximum absolute atomic E-state index is 14.8. The second-order valence-electron chi connectivity index (χ2n) is 9.44. The van der Waals surface area contributed by atoms with Crippen molar-refractivity contribution in [2.24, 2.45) is 0 Å². The molecule has 0 saturated carbocycles. The Morgan fingerprint density at radius 3 is 2.45 bits per heavy atom. The van der Waals surface area contributed by atoms with Crippen LogP contribution in [0.2, 0.25) is 0 Å². The first-order valence-electron chi connectivity index (χ1n) is 12.9. The molecule has 5 rings (SSSR count). The van der Waals surface area contributed by atoms with Gasteiger partial charge in [-0.05, 0) is 23.8 Å². The van der Waals surface area contributed by atoms with Crippen LogP contribution in [0.1, 0.15) is 40.9 Å². The van der Waals surface area contributed by atoms with Crippen molar-refractivity contribution in [1.82, 2.24) is 15.1 Å². The van der Waals surface area contributed by atoms with E-state index in [0.717, 1.165) is 18.7 Å². The minimum atomic E-state index is -3.76. The lowest BCUT2D eigenvalue weighted by Crippen LogP contribution is -2.79. The molecule has 3 aliphatic rings. The third-order valence-corrected chi connectivity index (χ3v) is 6.97. The second-order valence-corrected chi connectivity index (χ2v) is 9.44. The number of nitrogens with one attached hydrogen (secondary N) is 1. The Balaban J connectivity index is 0.00000181. The zero-order valence-corrected chi connectivity index (χ0v) is 22.1. The average molecular weight is 562 g/mol. The van der Waals surface area contributed by atoms with Gasteiger partial charge in [-0.25, -0.2) is 4.39 Å². The van der Waals surface area contributed by atoms with Crippen molar-refractivity contribution in [3.05, 3.63) is 64.5 Å². The highest BCUT2D eigenvalue weighted by atomic mass is 19.1. The van der Waals surface area contributed by atoms with Crippen molar-refractivity contribution in [3.63, 3.8) is 0 Å². The summed E-state index contributed by atoms with van der Waals surface area (Å²) in [6.45, 7) is 6.85. The molecule has 1 atom stereocenters. The normalized spacial score (nSPS) is 21.8. The van der Waals surface area contributed by atoms with Crippen molar-refractivity contribution in [3.8, 4) is 5.75 Å². The highest BCUT2D eigenvalue weighted by Gasteiger charge is 2.67. The van der Waals surface area contributed by atoms with E-state index in [1.54, 1.807) is 17.4 Å². The van der Waals surface area contributed by atoms with Gasteiger partial charge in [0.1, 0.15) is 18.2 Å². The van der Waals surface area contributed by atoms with Crippen LogP contribution >= 0.6 is 0 Å². The topological polar surface area (TPSA) is 169 Å². The van der Waals surface area contributed by atoms with Gasteiger partial charge in [0.25, 0.3) is 23.5 Å². The number of amides is 3. The molecule has 5 N–H and O–H groups in total. The number of benzene rings is 2. The zero-order valence-electron chi connectivity index (χ0n) is 22.1. The number of hydrogen-bond acceptors (Lipinski definition) is 10. The molecule has 40 heavy (non-hydrogen) atoms. The summed E-state index contributed by atoms with van der Waals surface area (Å²) < 4.78 is 25.9. The lowest BCUT2D eigenvalue weighted by Gasteiger charge is -2.44. The number of nitrogens with zero attached hydrogens (tertiary/aromatic N) is 2. The number of fused-ring (bicyclic) bond motifs is 1. The molecule has 3 heterocycles. The third-order valence-electron chi connectivity index (χ3n) is 6.97. The predicted octanol–water partition coefficient (Wildman–Crippen LogP) is -0.394. The van der Waals surface area contributed by atoms with Crippen LogP contribution in [0.3, 0.4) is 0 Å². The Labute approximate surface area is 229 Å². The largest absolute Gasteiger partial charge is 0.488 e. The summed E-state index contributed by atoms with van der Waals surface area (Å²) in [6, 6.07) is 7.07. The minimum Gasteiger partial charge on any atom is -0.488 e. The number of carbonyl (C=O) groups is 3. The monoisotopic (exact) mass is 561 g/mol. The summed E-state index contributed by atoms with van der Waals surface area (Å²) in [5.74, 6) is -11.6. The van der Waals surface area contributed by atoms with Crippen LogP contribution in [0.5, 0.6) is 5.75 Å². The number of halogens is 1. The van der Waals surface area contributed by atoms with E-state index in [2.05, 4.69) is 4.90 Å². The summed E-state index contributed by atoms with van der Waals surface area (Å²) in [5.41, 5.74) is 1.41. The van der Waals surface area contributed by atoms with E-state index < -0.39 is 41.2 Å². The summed E-state index contributed by atoms with van der Waals surface area (Å²) >= 11 is 0. The molecule has 216 valence electrons. The second kappa shape index (κ2) is 11.6. The molecule has 1 unspecified atom stereocenters. The molecule has 2 saturated heterocycles. The number of hydrogen-bond donors (Lipinski definition) is 5. The highest BCUT2D eigenvalue weighted by Crippen LogP contribution is 2.37. The fourth-order valence-corrected chi connectivity index (χ4v) is 4.82. The van der Waals surface area contributed by atoms with E-state index in [4.69, 9.17) is 9.47 Å². The van der Waals surface area contributed by atoms with E-state index in [1.807, 2.05) is 13.8 Å². The molecule has 0 aliphatic carbocycles. The van der Waals surface area contributed by atoms with Crippen LogP contribution in [-0.2, 0) is 34.0 Å². The van der Waals surface area contributed by atoms with Crippen molar-refractivity contribution in [2.45, 2.75) is 51.2 Å². The standard InChI is InChI=1S/C25H26FN3O9.C2H6/c26-18-10-14(11-28-6-8-37-9-7-28)4-5-15(18)13-38-19-3-1-2-16-17(19)12-29(22(16)31)20-21(30)27-23(32)25(35,36)24(20,33)34;1-2/h1-5,10,20,33-36H,6-9,11-13H2,(H,27,30,32);1-2H3. The van der Waals surface area contributed by atoms with Gasteiger partial charge in [-0.2, -0.15) is 0 Å². The van der Waals surface area contributed by atoms with E-state index in [-0.39, 0.29) is 35.6 Å². The molecule has 0 aromatic heterocycles. The van der Waals surface area contributed by atoms with Crippen molar-refractivity contribution in [1.29, 1.82) is 0 Å². The van der Waals surface area contributed by atoms with Gasteiger partial charge in [-0.1, -0.05) is 32.0 Å². The number of rotatable bonds is 6. The summed E-state index contributed by atoms with van der Waals surface area (Å²) in [5, 5.41) is 42.1. The average Bonchev–Trinajstić information content (AvgIpc) is 3.25. The van der Waals surface area contributed by atoms with E-state index >= 15 is 0 Å². The lowest BCUT2D eigenvalue weighted by atomic mass is 9.90. The summed E-state index contributed by atoms with van der Waals surface area (Å²) in [4.78, 5) is 40.1. The minimum absolute atomic E-state index is 0.0609. The van der Waals surface area contributed by atoms with E-state index in [1.165, 1.54) is 24.3 Å². The van der Waals surface area contributed by atoms with E-state index in [9.17, 15) is 39.2 Å². The number of piperidine rings is 1. The van der Waals surface area contributed by atoms with Crippen LogP contribution in [0.4, 0.5) is 4.39 Å². The van der Waals surface area contributed by atoms with Crippen LogP contribution in [-0.4, -0.2) is 91.9 Å². The van der Waals surface area contributed by atoms with Crippen LogP contribution < -0.4 is 10.1 Å². The number of aliphatic hydroxyl groups is 4. The first kappa shape index (κ1) is 29.5. The quantitative estimate of drug-likeness (QED) is 0.231. The fraction of sp³-hybridized carbons (Fsp3) is 0.444. The molecular weight excluding hydrogens is 529 g/mol. The maximum atomic E-state index is 14.8. The Morgan fingerprint density at radius 2 is 1.77 bits per heavy atom. The smallest absolute Gasteiger partial charge is 0.303 e. The SMILES string of the molecule is CC.O=C1NC(=O)C(O)(O)C(O)(O)C1N1Cc2c(OCc3ccc(CN4CCOCC4)cc3F)cccc2C1=O. The van der Waals surface area contributed by atoms with Gasteiger partial charge < -0.3 is 34.8 Å². The molecular formula is C27H32FN3O9. The first-order valence-corrected chi connectivity index (χ1v) is 12.9. The Bertz CT molecular complexity index is 1290. The van der Waals surface area contributed by atoms with Gasteiger partial charge in [-0.15, -0.1) is 0 Å². The number of carbonyl (C=O) groups excluding carboxylic acids is 3. The van der Waals surface area contributed by atoms with Gasteiger partial charge in [0, 0.05) is 36.3 Å². The van der Waals surface area contributed by atoms with Gasteiger partial charge >= 0.3 is 5.79 Å². The lowest BCUT2D eigenvalue weighted by molar-refractivity contribution is -0.355. The molecule has 13 heteroatoms. The van der Waals surface area contributed by atoms with Crippen LogP contribution in [0, 0.1) is 5.82 Å². The molecule has 0 bridgehead atoms. The molecule has 0 spiro atoms. The maximum Gasteiger partial charge on any atom is 0.303 e. The summed E-state index contributed by atoms with van der Waals surface area (Å²) in [7, 11) is 0. The number of ether oxygens (including phenoxy) is 2. The molecule has 12 nitrogen and oxygen atoms in total. The molecule has 2 fully saturated rings. The number of morpholine rings is 1. The van der Waals surface area contributed by atoms with Crippen LogP contribution in [0.15, 0.2) is 36.4 Å². The Kier molecular flexibility index (Phi) is 8.54. The summed E-state index contributed by atoms with van der Waals surface area (Å²) in [6.07, 6.45) is 0. The molecule has 3 aliphatic heterocycles. The van der Waals surface area contributed by atoms with Gasteiger partial charge in [0.15, 0.2) is 6.04 Å².